The Morgan fingerprint density at radius 2 is 1.81 bits per heavy atom. The van der Waals surface area contributed by atoms with Crippen LogP contribution in [-0.2, 0) is 0 Å². The molecule has 0 atom stereocenters. The molecule has 0 amide bonds. The molecular formula is C21H30N4S. The SMILES string of the molecule is CSc1ccc2ncnc(N3CCC4(CCC(N(C)C)CC4)CC3)c2c1. The number of thioether (sulfide) groups is 1. The number of aromatic nitrogens is 2. The number of anilines is 1. The van der Waals surface area contributed by atoms with Gasteiger partial charge in [-0.3, -0.25) is 0 Å². The van der Waals surface area contributed by atoms with E-state index in [4.69, 9.17) is 0 Å². The summed E-state index contributed by atoms with van der Waals surface area (Å²) in [6, 6.07) is 7.31. The van der Waals surface area contributed by atoms with E-state index in [0.717, 1.165) is 30.5 Å². The zero-order chi connectivity index (χ0) is 18.1. The lowest BCUT2D eigenvalue weighted by atomic mass is 9.67. The van der Waals surface area contributed by atoms with E-state index < -0.39 is 0 Å². The maximum absolute atomic E-state index is 4.67. The molecule has 1 aliphatic carbocycles. The second kappa shape index (κ2) is 7.35. The normalized spacial score (nSPS) is 21.0. The topological polar surface area (TPSA) is 32.3 Å². The predicted octanol–water partition coefficient (Wildman–Crippen LogP) is 4.44. The van der Waals surface area contributed by atoms with Crippen molar-refractivity contribution < 1.29 is 0 Å². The van der Waals surface area contributed by atoms with Crippen LogP contribution in [-0.4, -0.2) is 54.4 Å². The molecule has 4 rings (SSSR count). The summed E-state index contributed by atoms with van der Waals surface area (Å²) in [6.45, 7) is 2.25. The fourth-order valence-electron chi connectivity index (χ4n) is 4.83. The Morgan fingerprint density at radius 3 is 2.46 bits per heavy atom. The Kier molecular flexibility index (Phi) is 5.11. The summed E-state index contributed by atoms with van der Waals surface area (Å²) in [4.78, 5) is 15.3. The predicted molar refractivity (Wildman–Crippen MR) is 111 cm³/mol. The first-order valence-electron chi connectivity index (χ1n) is 9.80. The third-order valence-electron chi connectivity index (χ3n) is 6.69. The van der Waals surface area contributed by atoms with Gasteiger partial charge in [0.2, 0.25) is 0 Å². The summed E-state index contributed by atoms with van der Waals surface area (Å²) >= 11 is 1.78. The molecule has 140 valence electrons. The van der Waals surface area contributed by atoms with Crippen LogP contribution in [0.5, 0.6) is 0 Å². The highest BCUT2D eigenvalue weighted by molar-refractivity contribution is 7.98. The van der Waals surface area contributed by atoms with E-state index in [1.54, 1.807) is 18.1 Å². The van der Waals surface area contributed by atoms with Crippen LogP contribution < -0.4 is 4.90 Å². The number of piperidine rings is 1. The number of fused-ring (bicyclic) bond motifs is 1. The summed E-state index contributed by atoms with van der Waals surface area (Å²) < 4.78 is 0. The van der Waals surface area contributed by atoms with E-state index in [9.17, 15) is 0 Å². The van der Waals surface area contributed by atoms with Crippen molar-refractivity contribution in [1.29, 1.82) is 0 Å². The third kappa shape index (κ3) is 3.44. The first kappa shape index (κ1) is 18.1. The summed E-state index contributed by atoms with van der Waals surface area (Å²) in [6.07, 6.45) is 12.0. The van der Waals surface area contributed by atoms with Gasteiger partial charge in [0.05, 0.1) is 5.52 Å². The zero-order valence-electron chi connectivity index (χ0n) is 16.2. The van der Waals surface area contributed by atoms with Crippen molar-refractivity contribution in [3.05, 3.63) is 24.5 Å². The number of hydrogen-bond donors (Lipinski definition) is 0. The van der Waals surface area contributed by atoms with Gasteiger partial charge in [-0.2, -0.15) is 0 Å². The summed E-state index contributed by atoms with van der Waals surface area (Å²) in [7, 11) is 4.46. The Morgan fingerprint density at radius 1 is 1.08 bits per heavy atom. The lowest BCUT2D eigenvalue weighted by Crippen LogP contribution is -2.44. The Balaban J connectivity index is 1.49. The van der Waals surface area contributed by atoms with Crippen molar-refractivity contribution in [3.8, 4) is 0 Å². The number of rotatable bonds is 3. The van der Waals surface area contributed by atoms with Crippen molar-refractivity contribution in [3.63, 3.8) is 0 Å². The van der Waals surface area contributed by atoms with Crippen LogP contribution in [0.2, 0.25) is 0 Å². The first-order valence-corrected chi connectivity index (χ1v) is 11.0. The van der Waals surface area contributed by atoms with Crippen molar-refractivity contribution in [2.24, 2.45) is 5.41 Å². The van der Waals surface area contributed by atoms with Gasteiger partial charge in [-0.25, -0.2) is 9.97 Å². The minimum atomic E-state index is 0.580. The maximum atomic E-state index is 4.67. The molecule has 2 fully saturated rings. The molecule has 5 heteroatoms. The maximum Gasteiger partial charge on any atom is 0.139 e. The molecule has 2 aromatic rings. The smallest absolute Gasteiger partial charge is 0.139 e. The lowest BCUT2D eigenvalue weighted by Gasteiger charge is -2.47. The van der Waals surface area contributed by atoms with E-state index in [1.807, 2.05) is 0 Å². The molecule has 1 saturated heterocycles. The van der Waals surface area contributed by atoms with Gasteiger partial charge in [-0.15, -0.1) is 11.8 Å². The van der Waals surface area contributed by atoms with E-state index in [2.05, 4.69) is 58.3 Å². The fourth-order valence-corrected chi connectivity index (χ4v) is 5.27. The van der Waals surface area contributed by atoms with E-state index in [-0.39, 0.29) is 0 Å². The largest absolute Gasteiger partial charge is 0.356 e. The van der Waals surface area contributed by atoms with Gasteiger partial charge < -0.3 is 9.80 Å². The standard InChI is InChI=1S/C21H30N4S/c1-24(2)16-6-8-21(9-7-16)10-12-25(13-11-21)20-18-14-17(26-3)4-5-19(18)22-15-23-20/h4-5,14-16H,6-13H2,1-3H3. The van der Waals surface area contributed by atoms with Crippen molar-refractivity contribution in [2.45, 2.75) is 49.5 Å². The zero-order valence-corrected chi connectivity index (χ0v) is 17.1. The molecule has 1 aromatic heterocycles. The van der Waals surface area contributed by atoms with E-state index in [1.165, 1.54) is 48.8 Å². The van der Waals surface area contributed by atoms with Gasteiger partial charge in [0.1, 0.15) is 12.1 Å². The van der Waals surface area contributed by atoms with E-state index in [0.29, 0.717) is 5.41 Å². The van der Waals surface area contributed by atoms with Crippen LogP contribution in [0.3, 0.4) is 0 Å². The second-order valence-electron chi connectivity index (χ2n) is 8.26. The monoisotopic (exact) mass is 370 g/mol. The Labute approximate surface area is 161 Å². The van der Waals surface area contributed by atoms with Crippen LogP contribution in [0.4, 0.5) is 5.82 Å². The minimum Gasteiger partial charge on any atom is -0.356 e. The third-order valence-corrected chi connectivity index (χ3v) is 7.42. The van der Waals surface area contributed by atoms with Gasteiger partial charge >= 0.3 is 0 Å². The fraction of sp³-hybridized carbons (Fsp3) is 0.619. The van der Waals surface area contributed by atoms with Crippen LogP contribution >= 0.6 is 11.8 Å². The molecule has 1 spiro atoms. The quantitative estimate of drug-likeness (QED) is 0.746. The average Bonchev–Trinajstić information content (AvgIpc) is 2.68. The lowest BCUT2D eigenvalue weighted by molar-refractivity contribution is 0.0923. The molecular weight excluding hydrogens is 340 g/mol. The molecule has 0 bridgehead atoms. The molecule has 26 heavy (non-hydrogen) atoms. The molecule has 2 aliphatic rings. The molecule has 4 nitrogen and oxygen atoms in total. The number of hydrogen-bond acceptors (Lipinski definition) is 5. The number of nitrogens with zero attached hydrogens (tertiary/aromatic N) is 4. The molecule has 2 heterocycles. The molecule has 0 unspecified atom stereocenters. The average molecular weight is 371 g/mol. The summed E-state index contributed by atoms with van der Waals surface area (Å²) in [5.74, 6) is 1.13. The molecule has 1 aliphatic heterocycles. The number of benzene rings is 1. The molecule has 0 N–H and O–H groups in total. The molecule has 1 saturated carbocycles. The highest BCUT2D eigenvalue weighted by atomic mass is 32.2. The summed E-state index contributed by atoms with van der Waals surface area (Å²) in [5.41, 5.74) is 1.63. The van der Waals surface area contributed by atoms with Crippen molar-refractivity contribution in [2.75, 3.05) is 38.3 Å². The van der Waals surface area contributed by atoms with Crippen LogP contribution in [0.1, 0.15) is 38.5 Å². The van der Waals surface area contributed by atoms with Gasteiger partial charge in [0.15, 0.2) is 0 Å². The highest BCUT2D eigenvalue weighted by Crippen LogP contribution is 2.46. The van der Waals surface area contributed by atoms with Crippen LogP contribution in [0, 0.1) is 5.41 Å². The van der Waals surface area contributed by atoms with Crippen molar-refractivity contribution in [1.82, 2.24) is 14.9 Å². The van der Waals surface area contributed by atoms with Crippen molar-refractivity contribution >= 4 is 28.5 Å². The summed E-state index contributed by atoms with van der Waals surface area (Å²) in [5, 5.41) is 1.20. The minimum absolute atomic E-state index is 0.580. The van der Waals surface area contributed by atoms with Crippen LogP contribution in [0.15, 0.2) is 29.4 Å². The van der Waals surface area contributed by atoms with Gasteiger partial charge in [0.25, 0.3) is 0 Å². The van der Waals surface area contributed by atoms with Crippen LogP contribution in [0.25, 0.3) is 10.9 Å². The van der Waals surface area contributed by atoms with Gasteiger partial charge in [-0.05, 0) is 82.5 Å². The highest BCUT2D eigenvalue weighted by Gasteiger charge is 2.38. The second-order valence-corrected chi connectivity index (χ2v) is 9.14. The molecule has 0 radical (unpaired) electrons. The Hall–Kier alpha value is -1.33. The Bertz CT molecular complexity index is 758. The van der Waals surface area contributed by atoms with Gasteiger partial charge in [-0.1, -0.05) is 0 Å². The first-order chi connectivity index (χ1) is 12.6. The molecule has 1 aromatic carbocycles. The van der Waals surface area contributed by atoms with Gasteiger partial charge in [0, 0.05) is 29.4 Å². The van der Waals surface area contributed by atoms with E-state index >= 15 is 0 Å².